The molecule has 2 aliphatic rings. The van der Waals surface area contributed by atoms with Gasteiger partial charge in [0.25, 0.3) is 11.1 Å². The largest absolute Gasteiger partial charge is 0.273 e. The average molecular weight is 270 g/mol. The third-order valence-corrected chi connectivity index (χ3v) is 5.67. The molecule has 0 unspecified atom stereocenters. The van der Waals surface area contributed by atoms with Crippen LogP contribution in [0.1, 0.15) is 6.92 Å². The second-order valence-corrected chi connectivity index (χ2v) is 5.88. The lowest BCUT2D eigenvalue weighted by Crippen LogP contribution is -2.24. The van der Waals surface area contributed by atoms with E-state index in [1.807, 2.05) is 5.38 Å². The van der Waals surface area contributed by atoms with Crippen LogP contribution in [-0.2, 0) is 6.54 Å². The molecule has 82 valence electrons. The molecule has 0 fully saturated rings. The van der Waals surface area contributed by atoms with E-state index in [0.29, 0.717) is 15.6 Å². The first kappa shape index (κ1) is 10.1. The second-order valence-electron chi connectivity index (χ2n) is 3.20. The van der Waals surface area contributed by atoms with Crippen molar-refractivity contribution in [2.45, 2.75) is 13.5 Å². The quantitative estimate of drug-likeness (QED) is 0.676. The van der Waals surface area contributed by atoms with Crippen molar-refractivity contribution in [1.82, 2.24) is 8.94 Å². The van der Waals surface area contributed by atoms with Gasteiger partial charge in [0.2, 0.25) is 0 Å². The zero-order valence-corrected chi connectivity index (χ0v) is 10.7. The highest BCUT2D eigenvalue weighted by atomic mass is 32.1. The zero-order valence-electron chi connectivity index (χ0n) is 8.22. The fourth-order valence-electron chi connectivity index (χ4n) is 1.56. The molecule has 0 atom stereocenters. The van der Waals surface area contributed by atoms with Crippen LogP contribution in [0, 0.1) is 9.06 Å². The summed E-state index contributed by atoms with van der Waals surface area (Å²) in [6, 6.07) is 0. The van der Waals surface area contributed by atoms with Gasteiger partial charge < -0.3 is 0 Å². The van der Waals surface area contributed by atoms with Crippen molar-refractivity contribution in [2.75, 3.05) is 0 Å². The molecule has 16 heavy (non-hydrogen) atoms. The van der Waals surface area contributed by atoms with E-state index in [0.717, 1.165) is 9.53 Å². The average Bonchev–Trinajstić information content (AvgIpc) is 2.82. The van der Waals surface area contributed by atoms with E-state index < -0.39 is 0 Å². The molecule has 0 bridgehead atoms. The van der Waals surface area contributed by atoms with E-state index in [-0.39, 0.29) is 11.1 Å². The molecule has 1 aromatic rings. The Morgan fingerprint density at radius 1 is 1.25 bits per heavy atom. The van der Waals surface area contributed by atoms with Crippen LogP contribution in [0.15, 0.2) is 15.0 Å². The SMILES string of the molecule is CCn1c(=O)c2sc3csnc3sc=2c1=O. The van der Waals surface area contributed by atoms with Crippen LogP contribution in [0.5, 0.6) is 0 Å². The third kappa shape index (κ3) is 1.22. The van der Waals surface area contributed by atoms with Crippen molar-refractivity contribution in [1.29, 1.82) is 0 Å². The first-order valence-corrected chi connectivity index (χ1v) is 7.10. The standard InChI is InChI=1S/C9H6N2O2S3/c1-2-11-8(12)5-6(9(11)13)16-7-4(15-5)3-14-10-7/h3H,2H2,1H3. The zero-order chi connectivity index (χ0) is 11.3. The van der Waals surface area contributed by atoms with Crippen LogP contribution in [0.3, 0.4) is 0 Å². The highest BCUT2D eigenvalue weighted by Crippen LogP contribution is 2.24. The van der Waals surface area contributed by atoms with Crippen molar-refractivity contribution in [2.24, 2.45) is 0 Å². The number of rotatable bonds is 1. The molecule has 3 heterocycles. The molecule has 0 saturated carbocycles. The first-order valence-electron chi connectivity index (χ1n) is 4.63. The number of aromatic nitrogens is 2. The lowest BCUT2D eigenvalue weighted by atomic mass is 10.7. The maximum atomic E-state index is 11.9. The molecular formula is C9H6N2O2S3. The van der Waals surface area contributed by atoms with E-state index >= 15 is 0 Å². The van der Waals surface area contributed by atoms with E-state index in [2.05, 4.69) is 4.37 Å². The van der Waals surface area contributed by atoms with Crippen molar-refractivity contribution in [3.8, 4) is 0 Å². The number of fused-ring (bicyclic) bond motifs is 1. The lowest BCUT2D eigenvalue weighted by molar-refractivity contribution is 0.714. The van der Waals surface area contributed by atoms with E-state index in [9.17, 15) is 9.59 Å². The Morgan fingerprint density at radius 2 is 1.94 bits per heavy atom. The molecule has 0 spiro atoms. The molecule has 3 rings (SSSR count). The third-order valence-electron chi connectivity index (χ3n) is 2.32. The number of nitrogens with zero attached hydrogens (tertiary/aromatic N) is 2. The lowest BCUT2D eigenvalue weighted by Gasteiger charge is -1.88. The Balaban J connectivity index is 2.67. The number of hydrogen-bond donors (Lipinski definition) is 0. The van der Waals surface area contributed by atoms with Crippen LogP contribution in [-0.4, -0.2) is 8.94 Å². The van der Waals surface area contributed by atoms with Gasteiger partial charge in [-0.3, -0.25) is 14.2 Å². The molecule has 4 nitrogen and oxygen atoms in total. The molecule has 0 amide bonds. The van der Waals surface area contributed by atoms with Gasteiger partial charge in [-0.25, -0.2) is 0 Å². The minimum atomic E-state index is -0.182. The smallest absolute Gasteiger partial charge is 0.272 e. The first-order chi connectivity index (χ1) is 7.72. The predicted molar refractivity (Wildman–Crippen MR) is 66.9 cm³/mol. The fourth-order valence-corrected chi connectivity index (χ4v) is 4.71. The highest BCUT2D eigenvalue weighted by molar-refractivity contribution is 7.28. The Morgan fingerprint density at radius 3 is 2.62 bits per heavy atom. The van der Waals surface area contributed by atoms with E-state index in [1.165, 1.54) is 38.8 Å². The summed E-state index contributed by atoms with van der Waals surface area (Å²) in [4.78, 5) is 24.7. The van der Waals surface area contributed by atoms with Gasteiger partial charge in [0.1, 0.15) is 13.9 Å². The van der Waals surface area contributed by atoms with E-state index in [1.54, 1.807) is 6.92 Å². The normalized spacial score (nSPS) is 11.6. The van der Waals surface area contributed by atoms with Crippen molar-refractivity contribution >= 4 is 43.7 Å². The predicted octanol–water partition coefficient (Wildman–Crippen LogP) is 1.69. The Hall–Kier alpha value is -1.05. The van der Waals surface area contributed by atoms with Crippen LogP contribution in [0.25, 0.3) is 9.53 Å². The molecule has 0 N–H and O–H groups in total. The van der Waals surface area contributed by atoms with Gasteiger partial charge >= 0.3 is 0 Å². The van der Waals surface area contributed by atoms with Gasteiger partial charge in [-0.05, 0) is 18.5 Å². The summed E-state index contributed by atoms with van der Waals surface area (Å²) in [5.74, 6) is 0. The Kier molecular flexibility index (Phi) is 2.20. The maximum absolute atomic E-state index is 11.9. The molecule has 7 heteroatoms. The van der Waals surface area contributed by atoms with E-state index in [4.69, 9.17) is 0 Å². The van der Waals surface area contributed by atoms with Gasteiger partial charge in [-0.15, -0.1) is 22.7 Å². The summed E-state index contributed by atoms with van der Waals surface area (Å²) in [5.41, 5.74) is -0.351. The molecular weight excluding hydrogens is 264 g/mol. The summed E-state index contributed by atoms with van der Waals surface area (Å²) in [6.45, 7) is 2.23. The fraction of sp³-hybridized carbons (Fsp3) is 0.222. The second kappa shape index (κ2) is 3.47. The van der Waals surface area contributed by atoms with Crippen molar-refractivity contribution in [3.63, 3.8) is 0 Å². The van der Waals surface area contributed by atoms with Gasteiger partial charge in [-0.1, -0.05) is 0 Å². The summed E-state index contributed by atoms with van der Waals surface area (Å²) in [7, 11) is 0. The van der Waals surface area contributed by atoms with Crippen LogP contribution < -0.4 is 11.1 Å². The van der Waals surface area contributed by atoms with Gasteiger partial charge in [0, 0.05) is 11.9 Å². The Bertz CT molecular complexity index is 773. The van der Waals surface area contributed by atoms with Crippen molar-refractivity contribution in [3.05, 3.63) is 35.2 Å². The Labute approximate surface area is 101 Å². The van der Waals surface area contributed by atoms with Crippen molar-refractivity contribution < 1.29 is 0 Å². The van der Waals surface area contributed by atoms with Crippen LogP contribution >= 0.6 is 34.2 Å². The molecule has 1 aromatic heterocycles. The minimum absolute atomic E-state index is 0.170. The summed E-state index contributed by atoms with van der Waals surface area (Å²) in [6.07, 6.45) is 0. The summed E-state index contributed by atoms with van der Waals surface area (Å²) in [5, 5.41) is 1.91. The van der Waals surface area contributed by atoms with Crippen LogP contribution in [0.2, 0.25) is 0 Å². The number of hydrogen-bond acceptors (Lipinski definition) is 6. The van der Waals surface area contributed by atoms with Gasteiger partial charge in [0.15, 0.2) is 0 Å². The molecule has 0 saturated heterocycles. The molecule has 0 radical (unpaired) electrons. The van der Waals surface area contributed by atoms with Gasteiger partial charge in [0.05, 0.1) is 4.70 Å². The maximum Gasteiger partial charge on any atom is 0.272 e. The highest BCUT2D eigenvalue weighted by Gasteiger charge is 2.11. The topological polar surface area (TPSA) is 52.0 Å². The molecule has 0 aromatic carbocycles. The van der Waals surface area contributed by atoms with Crippen LogP contribution in [0.4, 0.5) is 0 Å². The monoisotopic (exact) mass is 270 g/mol. The molecule has 2 aliphatic heterocycles. The minimum Gasteiger partial charge on any atom is -0.273 e. The van der Waals surface area contributed by atoms with Gasteiger partial charge in [-0.2, -0.15) is 4.37 Å². The summed E-state index contributed by atoms with van der Waals surface area (Å²) < 4.78 is 7.55. The molecule has 0 aliphatic carbocycles. The summed E-state index contributed by atoms with van der Waals surface area (Å²) >= 11 is 4.02.